The first-order valence-electron chi connectivity index (χ1n) is 5.79. The second kappa shape index (κ2) is 5.09. The lowest BCUT2D eigenvalue weighted by molar-refractivity contribution is 0.385. The SMILES string of the molecule is COc1ccc(C(C)n2nc(C)c(Cl)c2N)cc1F. The number of ether oxygens (including phenoxy) is 1. The number of nitrogens with two attached hydrogens (primary N) is 1. The number of aryl methyl sites for hydroxylation is 1. The third kappa shape index (κ3) is 2.38. The van der Waals surface area contributed by atoms with Gasteiger partial charge in [0.25, 0.3) is 0 Å². The van der Waals surface area contributed by atoms with Crippen molar-refractivity contribution in [3.05, 3.63) is 40.3 Å². The van der Waals surface area contributed by atoms with Crippen LogP contribution in [0.2, 0.25) is 5.02 Å². The van der Waals surface area contributed by atoms with E-state index in [9.17, 15) is 4.39 Å². The zero-order valence-electron chi connectivity index (χ0n) is 10.9. The van der Waals surface area contributed by atoms with Crippen molar-refractivity contribution in [3.8, 4) is 5.75 Å². The van der Waals surface area contributed by atoms with Crippen molar-refractivity contribution in [1.82, 2.24) is 9.78 Å². The molecule has 6 heteroatoms. The second-order valence-corrected chi connectivity index (χ2v) is 4.68. The number of aromatic nitrogens is 2. The average Bonchev–Trinajstić information content (AvgIpc) is 2.65. The lowest BCUT2D eigenvalue weighted by Gasteiger charge is -2.15. The fraction of sp³-hybridized carbons (Fsp3) is 0.308. The van der Waals surface area contributed by atoms with Crippen LogP contribution in [-0.2, 0) is 0 Å². The van der Waals surface area contributed by atoms with Crippen molar-refractivity contribution in [2.45, 2.75) is 19.9 Å². The fourth-order valence-corrected chi connectivity index (χ4v) is 2.05. The van der Waals surface area contributed by atoms with Crippen molar-refractivity contribution >= 4 is 17.4 Å². The summed E-state index contributed by atoms with van der Waals surface area (Å²) in [5.41, 5.74) is 7.28. The van der Waals surface area contributed by atoms with E-state index in [2.05, 4.69) is 5.10 Å². The van der Waals surface area contributed by atoms with E-state index in [1.54, 1.807) is 23.7 Å². The topological polar surface area (TPSA) is 53.1 Å². The van der Waals surface area contributed by atoms with Gasteiger partial charge in [0.1, 0.15) is 10.8 Å². The van der Waals surface area contributed by atoms with E-state index >= 15 is 0 Å². The Balaban J connectivity index is 2.41. The fourth-order valence-electron chi connectivity index (χ4n) is 1.92. The highest BCUT2D eigenvalue weighted by Gasteiger charge is 2.17. The molecular weight excluding hydrogens is 269 g/mol. The number of anilines is 1. The van der Waals surface area contributed by atoms with E-state index in [0.717, 1.165) is 5.56 Å². The quantitative estimate of drug-likeness (QED) is 0.941. The number of rotatable bonds is 3. The average molecular weight is 284 g/mol. The molecule has 1 heterocycles. The van der Waals surface area contributed by atoms with Crippen LogP contribution < -0.4 is 10.5 Å². The molecule has 0 radical (unpaired) electrons. The molecule has 0 saturated heterocycles. The monoisotopic (exact) mass is 283 g/mol. The number of methoxy groups -OCH3 is 1. The molecule has 102 valence electrons. The van der Waals surface area contributed by atoms with Gasteiger partial charge in [-0.1, -0.05) is 17.7 Å². The molecule has 2 rings (SSSR count). The molecule has 0 fully saturated rings. The summed E-state index contributed by atoms with van der Waals surface area (Å²) in [6.07, 6.45) is 0. The van der Waals surface area contributed by atoms with Crippen molar-refractivity contribution in [3.63, 3.8) is 0 Å². The largest absolute Gasteiger partial charge is 0.494 e. The molecule has 0 amide bonds. The van der Waals surface area contributed by atoms with Crippen LogP contribution >= 0.6 is 11.6 Å². The van der Waals surface area contributed by atoms with E-state index in [-0.39, 0.29) is 11.8 Å². The maximum Gasteiger partial charge on any atom is 0.165 e. The Hall–Kier alpha value is -1.75. The molecule has 4 nitrogen and oxygen atoms in total. The van der Waals surface area contributed by atoms with E-state index < -0.39 is 5.82 Å². The highest BCUT2D eigenvalue weighted by molar-refractivity contribution is 6.33. The zero-order chi connectivity index (χ0) is 14.2. The molecule has 0 aliphatic carbocycles. The predicted octanol–water partition coefficient (Wildman–Crippen LogP) is 3.18. The van der Waals surface area contributed by atoms with Crippen LogP contribution in [0.25, 0.3) is 0 Å². The zero-order valence-corrected chi connectivity index (χ0v) is 11.7. The normalized spacial score (nSPS) is 12.5. The number of hydrogen-bond donors (Lipinski definition) is 1. The number of nitrogen functional groups attached to an aromatic ring is 1. The predicted molar refractivity (Wildman–Crippen MR) is 73.2 cm³/mol. The highest BCUT2D eigenvalue weighted by Crippen LogP contribution is 2.29. The van der Waals surface area contributed by atoms with Crippen molar-refractivity contribution < 1.29 is 9.13 Å². The minimum Gasteiger partial charge on any atom is -0.494 e. The standard InChI is InChI=1S/C13H15ClFN3O/c1-7-12(14)13(16)18(17-7)8(2)9-4-5-11(19-3)10(15)6-9/h4-6,8H,16H2,1-3H3. The van der Waals surface area contributed by atoms with E-state index in [1.165, 1.54) is 13.2 Å². The third-order valence-electron chi connectivity index (χ3n) is 3.07. The van der Waals surface area contributed by atoms with Gasteiger partial charge in [0.15, 0.2) is 11.6 Å². The van der Waals surface area contributed by atoms with Crippen LogP contribution in [0.5, 0.6) is 5.75 Å². The maximum atomic E-state index is 13.7. The van der Waals surface area contributed by atoms with Gasteiger partial charge in [-0.15, -0.1) is 0 Å². The Kier molecular flexibility index (Phi) is 3.66. The molecule has 1 atom stereocenters. The first-order valence-corrected chi connectivity index (χ1v) is 6.17. The second-order valence-electron chi connectivity index (χ2n) is 4.30. The Morgan fingerprint density at radius 2 is 2.16 bits per heavy atom. The highest BCUT2D eigenvalue weighted by atomic mass is 35.5. The Labute approximate surface area is 115 Å². The van der Waals surface area contributed by atoms with Gasteiger partial charge in [-0.3, -0.25) is 0 Å². The molecule has 1 unspecified atom stereocenters. The number of nitrogens with zero attached hydrogens (tertiary/aromatic N) is 2. The van der Waals surface area contributed by atoms with Gasteiger partial charge in [-0.05, 0) is 31.5 Å². The first-order chi connectivity index (χ1) is 8.95. The first kappa shape index (κ1) is 13.7. The van der Waals surface area contributed by atoms with E-state index in [4.69, 9.17) is 22.1 Å². The van der Waals surface area contributed by atoms with Crippen LogP contribution in [0.4, 0.5) is 10.2 Å². The summed E-state index contributed by atoms with van der Waals surface area (Å²) < 4.78 is 20.2. The summed E-state index contributed by atoms with van der Waals surface area (Å²) in [5, 5.41) is 4.70. The smallest absolute Gasteiger partial charge is 0.165 e. The van der Waals surface area contributed by atoms with E-state index in [1.807, 2.05) is 6.92 Å². The van der Waals surface area contributed by atoms with Crippen molar-refractivity contribution in [2.75, 3.05) is 12.8 Å². The summed E-state index contributed by atoms with van der Waals surface area (Å²) in [6.45, 7) is 3.65. The Morgan fingerprint density at radius 1 is 1.47 bits per heavy atom. The van der Waals surface area contributed by atoms with Gasteiger partial charge in [-0.2, -0.15) is 5.10 Å². The van der Waals surface area contributed by atoms with Gasteiger partial charge >= 0.3 is 0 Å². The molecule has 0 saturated carbocycles. The molecular formula is C13H15ClFN3O. The van der Waals surface area contributed by atoms with Crippen LogP contribution in [0.1, 0.15) is 24.2 Å². The van der Waals surface area contributed by atoms with Crippen LogP contribution in [0.15, 0.2) is 18.2 Å². The molecule has 2 N–H and O–H groups in total. The maximum absolute atomic E-state index is 13.7. The third-order valence-corrected chi connectivity index (χ3v) is 3.54. The van der Waals surface area contributed by atoms with Gasteiger partial charge in [0.2, 0.25) is 0 Å². The number of halogens is 2. The van der Waals surface area contributed by atoms with Crippen LogP contribution in [0, 0.1) is 12.7 Å². The number of hydrogen-bond acceptors (Lipinski definition) is 3. The lowest BCUT2D eigenvalue weighted by atomic mass is 10.1. The summed E-state index contributed by atoms with van der Waals surface area (Å²) in [4.78, 5) is 0. The number of benzene rings is 1. The van der Waals surface area contributed by atoms with Crippen molar-refractivity contribution in [1.29, 1.82) is 0 Å². The molecule has 2 aromatic rings. The van der Waals surface area contributed by atoms with Crippen molar-refractivity contribution in [2.24, 2.45) is 0 Å². The summed E-state index contributed by atoms with van der Waals surface area (Å²) in [7, 11) is 1.43. The Bertz CT molecular complexity index is 612. The minimum atomic E-state index is -0.416. The molecule has 1 aromatic heterocycles. The molecule has 0 spiro atoms. The summed E-state index contributed by atoms with van der Waals surface area (Å²) in [6, 6.07) is 4.55. The molecule has 0 aliphatic heterocycles. The molecule has 0 bridgehead atoms. The minimum absolute atomic E-state index is 0.207. The summed E-state index contributed by atoms with van der Waals surface area (Å²) in [5.74, 6) is 0.168. The van der Waals surface area contributed by atoms with E-state index in [0.29, 0.717) is 16.5 Å². The van der Waals surface area contributed by atoms with Gasteiger partial charge in [-0.25, -0.2) is 9.07 Å². The van der Waals surface area contributed by atoms with Gasteiger partial charge in [0.05, 0.1) is 18.8 Å². The van der Waals surface area contributed by atoms with Crippen LogP contribution in [0.3, 0.4) is 0 Å². The lowest BCUT2D eigenvalue weighted by Crippen LogP contribution is -2.12. The molecule has 19 heavy (non-hydrogen) atoms. The van der Waals surface area contributed by atoms with Gasteiger partial charge in [0, 0.05) is 0 Å². The summed E-state index contributed by atoms with van der Waals surface area (Å²) >= 11 is 6.01. The van der Waals surface area contributed by atoms with Gasteiger partial charge < -0.3 is 10.5 Å². The Morgan fingerprint density at radius 3 is 2.63 bits per heavy atom. The van der Waals surface area contributed by atoms with Crippen LogP contribution in [-0.4, -0.2) is 16.9 Å². The molecule has 0 aliphatic rings. The molecule has 1 aromatic carbocycles.